The number of H-pyrrole nitrogens is 1. The molecule has 2 aromatic carbocycles. The quantitative estimate of drug-likeness (QED) is 0.374. The molecule has 1 aromatic heterocycles. The molecule has 0 unspecified atom stereocenters. The zero-order valence-corrected chi connectivity index (χ0v) is 14.1. The molecule has 28 heavy (non-hydrogen) atoms. The molecule has 12 heteroatoms. The van der Waals surface area contributed by atoms with Gasteiger partial charge in [-0.05, 0) is 11.6 Å². The molecule has 0 aliphatic carbocycles. The van der Waals surface area contributed by atoms with Gasteiger partial charge in [0, 0.05) is 12.1 Å². The number of nitro benzene ring substituents is 2. The average Bonchev–Trinajstić information content (AvgIpc) is 3.15. The van der Waals surface area contributed by atoms with E-state index in [1.807, 2.05) is 30.3 Å². The molecule has 12 nitrogen and oxygen atoms in total. The molecule has 0 fully saturated rings. The summed E-state index contributed by atoms with van der Waals surface area (Å²) < 4.78 is 0. The average molecular weight is 383 g/mol. The molecule has 0 radical (unpaired) electrons. The first kappa shape index (κ1) is 18.3. The van der Waals surface area contributed by atoms with Crippen LogP contribution in [-0.4, -0.2) is 26.1 Å². The van der Waals surface area contributed by atoms with Gasteiger partial charge in [-0.2, -0.15) is 5.10 Å². The summed E-state index contributed by atoms with van der Waals surface area (Å²) >= 11 is 0. The van der Waals surface area contributed by atoms with E-state index in [1.54, 1.807) is 6.07 Å². The minimum absolute atomic E-state index is 0.113. The van der Waals surface area contributed by atoms with Gasteiger partial charge >= 0.3 is 11.7 Å². The Balaban J connectivity index is 1.64. The monoisotopic (exact) mass is 383 g/mol. The Labute approximate surface area is 156 Å². The van der Waals surface area contributed by atoms with E-state index in [1.165, 1.54) is 0 Å². The van der Waals surface area contributed by atoms with Crippen LogP contribution in [0, 0.1) is 20.2 Å². The van der Waals surface area contributed by atoms with E-state index >= 15 is 0 Å². The van der Waals surface area contributed by atoms with Gasteiger partial charge in [-0.25, -0.2) is 4.79 Å². The molecule has 0 bridgehead atoms. The van der Waals surface area contributed by atoms with Crippen LogP contribution in [0.5, 0.6) is 0 Å². The van der Waals surface area contributed by atoms with Gasteiger partial charge in [-0.1, -0.05) is 30.3 Å². The topological polar surface area (TPSA) is 168 Å². The van der Waals surface area contributed by atoms with E-state index < -0.39 is 27.3 Å². The number of urea groups is 1. The highest BCUT2D eigenvalue weighted by atomic mass is 16.6. The second kappa shape index (κ2) is 7.82. The normalized spacial score (nSPS) is 10.1. The summed E-state index contributed by atoms with van der Waals surface area (Å²) in [6.07, 6.45) is 0. The van der Waals surface area contributed by atoms with Crippen LogP contribution in [0.3, 0.4) is 0 Å². The van der Waals surface area contributed by atoms with Crippen molar-refractivity contribution in [3.05, 3.63) is 74.8 Å². The number of benzene rings is 2. The molecule has 4 N–H and O–H groups in total. The van der Waals surface area contributed by atoms with Gasteiger partial charge in [0.25, 0.3) is 5.69 Å². The number of nitrogens with one attached hydrogen (secondary N) is 4. The molecule has 2 amide bonds. The molecule has 0 saturated heterocycles. The van der Waals surface area contributed by atoms with Crippen molar-refractivity contribution in [2.24, 2.45) is 0 Å². The molecule has 0 atom stereocenters. The summed E-state index contributed by atoms with van der Waals surface area (Å²) in [5.74, 6) is 0.233. The van der Waals surface area contributed by atoms with Crippen LogP contribution in [0.1, 0.15) is 0 Å². The summed E-state index contributed by atoms with van der Waals surface area (Å²) in [7, 11) is 0. The second-order valence-electron chi connectivity index (χ2n) is 5.45. The predicted octanol–water partition coefficient (Wildman–Crippen LogP) is 3.04. The third-order valence-corrected chi connectivity index (χ3v) is 3.60. The van der Waals surface area contributed by atoms with Crippen LogP contribution in [0.15, 0.2) is 54.6 Å². The summed E-state index contributed by atoms with van der Waals surface area (Å²) in [5.41, 5.74) is 5.03. The number of nitro groups is 2. The van der Waals surface area contributed by atoms with Crippen molar-refractivity contribution in [2.75, 3.05) is 10.7 Å². The summed E-state index contributed by atoms with van der Waals surface area (Å²) in [4.78, 5) is 32.2. The third kappa shape index (κ3) is 4.19. The van der Waals surface area contributed by atoms with Crippen LogP contribution < -0.4 is 16.2 Å². The molecular weight excluding hydrogens is 370 g/mol. The predicted molar refractivity (Wildman–Crippen MR) is 99.6 cm³/mol. The zero-order valence-electron chi connectivity index (χ0n) is 14.1. The fourth-order valence-electron chi connectivity index (χ4n) is 2.31. The number of rotatable bonds is 6. The Morgan fingerprint density at radius 2 is 1.75 bits per heavy atom. The van der Waals surface area contributed by atoms with Gasteiger partial charge in [0.2, 0.25) is 0 Å². The SMILES string of the molecule is O=C(NNc1ccc([N+](=O)[O-])cc1[N+](=O)[O-])Nc1cc(-c2ccccc2)[nH]n1. The summed E-state index contributed by atoms with van der Waals surface area (Å²) in [5, 5.41) is 31.0. The second-order valence-corrected chi connectivity index (χ2v) is 5.45. The van der Waals surface area contributed by atoms with Crippen molar-refractivity contribution < 1.29 is 14.6 Å². The van der Waals surface area contributed by atoms with E-state index in [0.717, 1.165) is 23.8 Å². The van der Waals surface area contributed by atoms with E-state index in [9.17, 15) is 25.0 Å². The lowest BCUT2D eigenvalue weighted by Crippen LogP contribution is -2.33. The van der Waals surface area contributed by atoms with Gasteiger partial charge in [-0.3, -0.25) is 41.5 Å². The van der Waals surface area contributed by atoms with Crippen molar-refractivity contribution in [2.45, 2.75) is 0 Å². The van der Waals surface area contributed by atoms with Crippen LogP contribution in [0.4, 0.5) is 27.7 Å². The highest BCUT2D eigenvalue weighted by molar-refractivity contribution is 5.90. The first-order valence-corrected chi connectivity index (χ1v) is 7.80. The molecule has 142 valence electrons. The first-order chi connectivity index (χ1) is 13.4. The highest BCUT2D eigenvalue weighted by Gasteiger charge is 2.19. The number of hydrogen-bond acceptors (Lipinski definition) is 7. The lowest BCUT2D eigenvalue weighted by atomic mass is 10.2. The van der Waals surface area contributed by atoms with Crippen LogP contribution in [0.25, 0.3) is 11.3 Å². The van der Waals surface area contributed by atoms with E-state index in [2.05, 4.69) is 26.4 Å². The molecule has 0 spiro atoms. The number of anilines is 2. The number of aromatic nitrogens is 2. The van der Waals surface area contributed by atoms with E-state index in [0.29, 0.717) is 5.69 Å². The Hall–Kier alpha value is -4.48. The molecule has 0 aliphatic heterocycles. The van der Waals surface area contributed by atoms with Crippen LogP contribution in [0.2, 0.25) is 0 Å². The van der Waals surface area contributed by atoms with Gasteiger partial charge in [0.1, 0.15) is 5.69 Å². The zero-order chi connectivity index (χ0) is 20.1. The Bertz CT molecular complexity index is 1030. The van der Waals surface area contributed by atoms with Crippen molar-refractivity contribution in [1.29, 1.82) is 0 Å². The summed E-state index contributed by atoms with van der Waals surface area (Å²) in [6, 6.07) is 13.2. The number of carbonyl (C=O) groups excluding carboxylic acids is 1. The minimum Gasteiger partial charge on any atom is -0.291 e. The lowest BCUT2D eigenvalue weighted by molar-refractivity contribution is -0.393. The number of hydrazine groups is 1. The Morgan fingerprint density at radius 3 is 2.43 bits per heavy atom. The van der Waals surface area contributed by atoms with Gasteiger partial charge in [0.15, 0.2) is 5.82 Å². The maximum atomic E-state index is 12.0. The molecular formula is C16H13N7O5. The molecule has 3 aromatic rings. The fourth-order valence-corrected chi connectivity index (χ4v) is 2.31. The Kier molecular flexibility index (Phi) is 5.12. The van der Waals surface area contributed by atoms with Gasteiger partial charge < -0.3 is 0 Å². The van der Waals surface area contributed by atoms with Crippen molar-refractivity contribution in [3.8, 4) is 11.3 Å². The number of non-ortho nitro benzene ring substituents is 1. The number of amides is 2. The number of aromatic amines is 1. The molecule has 3 rings (SSSR count). The van der Waals surface area contributed by atoms with Crippen molar-refractivity contribution >= 4 is 28.9 Å². The van der Waals surface area contributed by atoms with E-state index in [-0.39, 0.29) is 11.5 Å². The third-order valence-electron chi connectivity index (χ3n) is 3.60. The maximum Gasteiger partial charge on any atom is 0.339 e. The maximum absolute atomic E-state index is 12.0. The highest BCUT2D eigenvalue weighted by Crippen LogP contribution is 2.28. The lowest BCUT2D eigenvalue weighted by Gasteiger charge is -2.08. The molecule has 0 saturated carbocycles. The van der Waals surface area contributed by atoms with Crippen molar-refractivity contribution in [3.63, 3.8) is 0 Å². The standard InChI is InChI=1S/C16H13N7O5/c24-16(17-15-9-13(19-20-15)10-4-2-1-3-5-10)21-18-12-7-6-11(22(25)26)8-14(12)23(27)28/h1-9,18H,(H3,17,19,20,21,24). The molecule has 0 aliphatic rings. The van der Waals surface area contributed by atoms with Gasteiger partial charge in [-0.15, -0.1) is 0 Å². The fraction of sp³-hybridized carbons (Fsp3) is 0. The number of carbonyl (C=O) groups is 1. The number of hydrogen-bond donors (Lipinski definition) is 4. The van der Waals surface area contributed by atoms with Gasteiger partial charge in [0.05, 0.1) is 21.6 Å². The molecule has 1 heterocycles. The minimum atomic E-state index is -0.797. The van der Waals surface area contributed by atoms with E-state index in [4.69, 9.17) is 0 Å². The largest absolute Gasteiger partial charge is 0.339 e. The van der Waals surface area contributed by atoms with Crippen LogP contribution >= 0.6 is 0 Å². The first-order valence-electron chi connectivity index (χ1n) is 7.80. The Morgan fingerprint density at radius 1 is 1.00 bits per heavy atom. The van der Waals surface area contributed by atoms with Crippen LogP contribution in [-0.2, 0) is 0 Å². The van der Waals surface area contributed by atoms with Crippen molar-refractivity contribution in [1.82, 2.24) is 15.6 Å². The smallest absolute Gasteiger partial charge is 0.291 e. The summed E-state index contributed by atoms with van der Waals surface area (Å²) in [6.45, 7) is 0. The number of nitrogens with zero attached hydrogens (tertiary/aromatic N) is 3.